The van der Waals surface area contributed by atoms with Gasteiger partial charge in [-0.15, -0.1) is 0 Å². The number of thiocarbonyl (C=S) groups is 1. The second-order valence-electron chi connectivity index (χ2n) is 6.78. The summed E-state index contributed by atoms with van der Waals surface area (Å²) in [5.41, 5.74) is 1.87. The van der Waals surface area contributed by atoms with Crippen LogP contribution in [0.2, 0.25) is 0 Å². The Kier molecular flexibility index (Phi) is 13.7. The molecule has 1 fully saturated rings. The van der Waals surface area contributed by atoms with Crippen molar-refractivity contribution >= 4 is 74.2 Å². The van der Waals surface area contributed by atoms with Crippen LogP contribution in [0.1, 0.15) is 13.8 Å². The molecule has 0 aliphatic carbocycles. The maximum atomic E-state index is 8.73. The first kappa shape index (κ1) is 28.2. The van der Waals surface area contributed by atoms with Gasteiger partial charge in [0.1, 0.15) is 11.5 Å². The topological polar surface area (TPSA) is 72.0 Å². The first-order valence-electron chi connectivity index (χ1n) is 9.82. The molecule has 0 spiro atoms. The number of aliphatic hydroxyl groups is 1. The molecule has 0 unspecified atom stereocenters. The summed E-state index contributed by atoms with van der Waals surface area (Å²) in [5.74, 6) is 1.69. The van der Waals surface area contributed by atoms with Crippen LogP contribution in [0.3, 0.4) is 0 Å². The van der Waals surface area contributed by atoms with Crippen molar-refractivity contribution in [3.05, 3.63) is 48.5 Å². The molecular weight excluding hydrogens is 491 g/mol. The summed E-state index contributed by atoms with van der Waals surface area (Å²) in [6.45, 7) is 6.88. The summed E-state index contributed by atoms with van der Waals surface area (Å²) in [4.78, 5) is 0. The summed E-state index contributed by atoms with van der Waals surface area (Å²) in [6, 6.07) is 15.3. The molecule has 0 saturated carbocycles. The van der Waals surface area contributed by atoms with Gasteiger partial charge in [0.15, 0.2) is 5.11 Å². The zero-order valence-corrected chi connectivity index (χ0v) is 19.7. The molecule has 2 aromatic rings. The molecule has 1 aliphatic heterocycles. The third-order valence-electron chi connectivity index (χ3n) is 4.28. The number of anilines is 2. The van der Waals surface area contributed by atoms with Crippen molar-refractivity contribution in [3.8, 4) is 11.5 Å². The van der Waals surface area contributed by atoms with Gasteiger partial charge in [-0.2, -0.15) is 0 Å². The number of aliphatic hydroxyl groups excluding tert-OH is 1. The monoisotopic (exact) mass is 520 g/mol. The minimum atomic E-state index is 0. The number of nitrogens with one attached hydrogen (secondary N) is 2. The van der Waals surface area contributed by atoms with Gasteiger partial charge in [-0.1, -0.05) is 15.9 Å². The van der Waals surface area contributed by atoms with Crippen LogP contribution in [-0.2, 0) is 4.74 Å². The Balaban J connectivity index is 0.000000450. The van der Waals surface area contributed by atoms with Gasteiger partial charge >= 0.3 is 29.6 Å². The fourth-order valence-corrected chi connectivity index (χ4v) is 3.23. The van der Waals surface area contributed by atoms with E-state index < -0.39 is 0 Å². The molecule has 1 aliphatic rings. The zero-order chi connectivity index (χ0) is 21.8. The van der Waals surface area contributed by atoms with Crippen LogP contribution in [0.4, 0.5) is 11.4 Å². The Hall–Kier alpha value is -0.870. The SMILES string of the molecule is CCOc1ccc(NC(=S)Nc2ccc(OCC)cc2)cc1.OCC1(CBr)COC1.[NaH]. The third-order valence-corrected chi connectivity index (χ3v) is 5.68. The summed E-state index contributed by atoms with van der Waals surface area (Å²) in [6.07, 6.45) is 0. The van der Waals surface area contributed by atoms with Crippen molar-refractivity contribution in [2.75, 3.05) is 49.0 Å². The molecule has 0 amide bonds. The molecule has 9 heteroatoms. The number of rotatable bonds is 8. The van der Waals surface area contributed by atoms with Gasteiger partial charge in [-0.3, -0.25) is 0 Å². The molecule has 3 N–H and O–H groups in total. The van der Waals surface area contributed by atoms with Crippen LogP contribution in [0.5, 0.6) is 11.5 Å². The van der Waals surface area contributed by atoms with E-state index in [4.69, 9.17) is 31.5 Å². The fraction of sp³-hybridized carbons (Fsp3) is 0.409. The number of ether oxygens (including phenoxy) is 3. The van der Waals surface area contributed by atoms with Crippen LogP contribution in [0, 0.1) is 5.41 Å². The number of hydrogen-bond acceptors (Lipinski definition) is 5. The van der Waals surface area contributed by atoms with Gasteiger partial charge in [0, 0.05) is 22.1 Å². The van der Waals surface area contributed by atoms with Crippen molar-refractivity contribution in [1.29, 1.82) is 0 Å². The molecule has 1 saturated heterocycles. The summed E-state index contributed by atoms with van der Waals surface area (Å²) in [7, 11) is 0. The number of benzene rings is 2. The molecule has 0 atom stereocenters. The van der Waals surface area contributed by atoms with Gasteiger partial charge in [0.05, 0.1) is 33.0 Å². The van der Waals surface area contributed by atoms with Crippen molar-refractivity contribution in [2.24, 2.45) is 5.41 Å². The van der Waals surface area contributed by atoms with Gasteiger partial charge in [-0.25, -0.2) is 0 Å². The van der Waals surface area contributed by atoms with Crippen molar-refractivity contribution < 1.29 is 19.3 Å². The van der Waals surface area contributed by atoms with E-state index in [1.165, 1.54) is 0 Å². The Morgan fingerprint density at radius 3 is 1.61 bits per heavy atom. The maximum absolute atomic E-state index is 8.73. The second kappa shape index (κ2) is 15.1. The number of halogens is 1. The Morgan fingerprint density at radius 2 is 1.39 bits per heavy atom. The first-order valence-corrected chi connectivity index (χ1v) is 11.4. The van der Waals surface area contributed by atoms with E-state index in [0.29, 0.717) is 31.5 Å². The van der Waals surface area contributed by atoms with Crippen LogP contribution < -0.4 is 20.1 Å². The number of alkyl halides is 1. The molecule has 31 heavy (non-hydrogen) atoms. The van der Waals surface area contributed by atoms with Crippen molar-refractivity contribution in [1.82, 2.24) is 0 Å². The van der Waals surface area contributed by atoms with Crippen molar-refractivity contribution in [3.63, 3.8) is 0 Å². The van der Waals surface area contributed by atoms with Gasteiger partial charge in [-0.05, 0) is 74.6 Å². The molecule has 0 radical (unpaired) electrons. The molecule has 1 heterocycles. The fourth-order valence-electron chi connectivity index (χ4n) is 2.50. The summed E-state index contributed by atoms with van der Waals surface area (Å²) < 4.78 is 15.7. The predicted octanol–water partition coefficient (Wildman–Crippen LogP) is 4.03. The summed E-state index contributed by atoms with van der Waals surface area (Å²) >= 11 is 8.60. The predicted molar refractivity (Wildman–Crippen MR) is 136 cm³/mol. The van der Waals surface area contributed by atoms with E-state index >= 15 is 0 Å². The molecule has 2 aromatic carbocycles. The normalized spacial score (nSPS) is 13.4. The molecule has 0 aromatic heterocycles. The van der Waals surface area contributed by atoms with E-state index in [-0.39, 0.29) is 41.6 Å². The van der Waals surface area contributed by atoms with Gasteiger partial charge in [0.2, 0.25) is 0 Å². The van der Waals surface area contributed by atoms with E-state index in [0.717, 1.165) is 28.2 Å². The summed E-state index contributed by atoms with van der Waals surface area (Å²) in [5, 5.41) is 16.4. The van der Waals surface area contributed by atoms with Crippen molar-refractivity contribution in [2.45, 2.75) is 13.8 Å². The number of hydrogen-bond donors (Lipinski definition) is 3. The molecule has 166 valence electrons. The average Bonchev–Trinajstić information content (AvgIpc) is 2.72. The Labute approximate surface area is 220 Å². The standard InChI is InChI=1S/C17H20N2O2S.C5H9BrO2.Na.H/c1-3-20-15-9-5-13(6-10-15)18-17(22)19-14-7-11-16(12-8-14)21-4-2;6-1-5(2-7)3-8-4-5;;/h5-12H,3-4H2,1-2H3,(H2,18,19,22);7H,1-4H2;;. The van der Waals surface area contributed by atoms with Crippen LogP contribution in [0.25, 0.3) is 0 Å². The van der Waals surface area contributed by atoms with E-state index in [2.05, 4.69) is 26.6 Å². The second-order valence-corrected chi connectivity index (χ2v) is 7.75. The van der Waals surface area contributed by atoms with E-state index in [9.17, 15) is 0 Å². The molecule has 3 rings (SSSR count). The molecule has 0 bridgehead atoms. The van der Waals surface area contributed by atoms with Gasteiger partial charge in [0.25, 0.3) is 0 Å². The first-order chi connectivity index (χ1) is 14.5. The van der Waals surface area contributed by atoms with Gasteiger partial charge < -0.3 is 30.0 Å². The van der Waals surface area contributed by atoms with E-state index in [1.54, 1.807) is 0 Å². The van der Waals surface area contributed by atoms with E-state index in [1.807, 2.05) is 62.4 Å². The Bertz CT molecular complexity index is 707. The van der Waals surface area contributed by atoms with Crippen LogP contribution >= 0.6 is 28.1 Å². The zero-order valence-electron chi connectivity index (χ0n) is 17.3. The van der Waals surface area contributed by atoms with Crippen LogP contribution in [-0.4, -0.2) is 78.1 Å². The third kappa shape index (κ3) is 9.65. The molecular formula is C22H30BrN2NaO4S. The quantitative estimate of drug-likeness (QED) is 0.275. The Morgan fingerprint density at radius 1 is 0.968 bits per heavy atom. The van der Waals surface area contributed by atoms with Crippen LogP contribution in [0.15, 0.2) is 48.5 Å². The average molecular weight is 521 g/mol. The molecule has 6 nitrogen and oxygen atoms in total. The minimum absolute atomic E-state index is 0.